The molecule has 0 amide bonds. The minimum atomic E-state index is -0.703. The Morgan fingerprint density at radius 3 is 1.88 bits per heavy atom. The SMILES string of the molecule is CC(C)[C@H](O)[C@H](N)c1cc(O)cc(O)c1.Cl. The van der Waals surface area contributed by atoms with Crippen LogP contribution in [0.1, 0.15) is 25.5 Å². The Bertz CT molecular complexity index is 324. The minimum Gasteiger partial charge on any atom is -0.508 e. The third kappa shape index (κ3) is 3.56. The number of halogens is 1. The second kappa shape index (κ2) is 5.94. The summed E-state index contributed by atoms with van der Waals surface area (Å²) >= 11 is 0. The average molecular weight is 248 g/mol. The Morgan fingerprint density at radius 1 is 1.06 bits per heavy atom. The van der Waals surface area contributed by atoms with Crippen molar-refractivity contribution in [2.45, 2.75) is 26.0 Å². The van der Waals surface area contributed by atoms with E-state index in [9.17, 15) is 15.3 Å². The molecule has 0 spiro atoms. The van der Waals surface area contributed by atoms with Crippen molar-refractivity contribution in [2.24, 2.45) is 11.7 Å². The zero-order valence-corrected chi connectivity index (χ0v) is 10.1. The third-order valence-electron chi connectivity index (χ3n) is 2.36. The number of aromatic hydroxyl groups is 2. The van der Waals surface area contributed by atoms with Gasteiger partial charge >= 0.3 is 0 Å². The number of phenolic OH excluding ortho intramolecular Hbond substituents is 2. The van der Waals surface area contributed by atoms with E-state index in [0.717, 1.165) is 0 Å². The highest BCUT2D eigenvalue weighted by Gasteiger charge is 2.20. The zero-order chi connectivity index (χ0) is 11.6. The van der Waals surface area contributed by atoms with E-state index in [0.29, 0.717) is 5.56 Å². The van der Waals surface area contributed by atoms with Gasteiger partial charge in [-0.15, -0.1) is 12.4 Å². The molecule has 0 aromatic heterocycles. The first-order valence-electron chi connectivity index (χ1n) is 4.88. The molecule has 1 rings (SSSR count). The predicted octanol–water partition coefficient (Wildman–Crippen LogP) is 1.54. The van der Waals surface area contributed by atoms with Gasteiger partial charge in [0.05, 0.1) is 12.1 Å². The summed E-state index contributed by atoms with van der Waals surface area (Å²) in [5.41, 5.74) is 6.33. The number of hydrogen-bond acceptors (Lipinski definition) is 4. The highest BCUT2D eigenvalue weighted by molar-refractivity contribution is 5.85. The van der Waals surface area contributed by atoms with E-state index in [4.69, 9.17) is 5.73 Å². The van der Waals surface area contributed by atoms with Crippen molar-refractivity contribution >= 4 is 12.4 Å². The van der Waals surface area contributed by atoms with Crippen molar-refractivity contribution in [3.63, 3.8) is 0 Å². The topological polar surface area (TPSA) is 86.7 Å². The second-order valence-corrected chi connectivity index (χ2v) is 4.04. The van der Waals surface area contributed by atoms with Crippen LogP contribution in [-0.2, 0) is 0 Å². The summed E-state index contributed by atoms with van der Waals surface area (Å²) in [6.07, 6.45) is -0.703. The Labute approximate surface area is 101 Å². The smallest absolute Gasteiger partial charge is 0.119 e. The first-order chi connectivity index (χ1) is 6.91. The van der Waals surface area contributed by atoms with Crippen molar-refractivity contribution in [2.75, 3.05) is 0 Å². The summed E-state index contributed by atoms with van der Waals surface area (Å²) in [6, 6.07) is 3.49. The van der Waals surface area contributed by atoms with E-state index in [-0.39, 0.29) is 29.8 Å². The van der Waals surface area contributed by atoms with E-state index in [1.807, 2.05) is 13.8 Å². The summed E-state index contributed by atoms with van der Waals surface area (Å²) in [7, 11) is 0. The lowest BCUT2D eigenvalue weighted by Gasteiger charge is -2.22. The average Bonchev–Trinajstić information content (AvgIpc) is 2.13. The maximum absolute atomic E-state index is 9.74. The monoisotopic (exact) mass is 247 g/mol. The standard InChI is InChI=1S/C11H17NO3.ClH/c1-6(2)11(15)10(12)7-3-8(13)5-9(14)4-7;/h3-6,10-11,13-15H,12H2,1-2H3;1H/t10-,11+;/m1./s1. The van der Waals surface area contributed by atoms with E-state index in [1.54, 1.807) is 0 Å². The fraction of sp³-hybridized carbons (Fsp3) is 0.455. The maximum atomic E-state index is 9.74. The molecule has 0 saturated carbocycles. The summed E-state index contributed by atoms with van der Waals surface area (Å²) in [6.45, 7) is 3.71. The Balaban J connectivity index is 0.00000225. The first kappa shape index (κ1) is 15.0. The predicted molar refractivity (Wildman–Crippen MR) is 64.8 cm³/mol. The maximum Gasteiger partial charge on any atom is 0.119 e. The van der Waals surface area contributed by atoms with Gasteiger partial charge in [-0.3, -0.25) is 0 Å². The van der Waals surface area contributed by atoms with Crippen LogP contribution in [0.3, 0.4) is 0 Å². The molecule has 0 bridgehead atoms. The van der Waals surface area contributed by atoms with Crippen molar-refractivity contribution in [3.8, 4) is 11.5 Å². The van der Waals surface area contributed by atoms with Gasteiger partial charge in [0.15, 0.2) is 0 Å². The summed E-state index contributed by atoms with van der Waals surface area (Å²) in [5, 5.41) is 28.3. The molecule has 0 aliphatic carbocycles. The van der Waals surface area contributed by atoms with Gasteiger partial charge in [-0.05, 0) is 23.6 Å². The van der Waals surface area contributed by atoms with E-state index < -0.39 is 12.1 Å². The number of benzene rings is 1. The van der Waals surface area contributed by atoms with Crippen LogP contribution >= 0.6 is 12.4 Å². The zero-order valence-electron chi connectivity index (χ0n) is 9.29. The Kier molecular flexibility index (Phi) is 5.58. The molecular formula is C11H18ClNO3. The Morgan fingerprint density at radius 2 is 1.50 bits per heavy atom. The molecule has 5 N–H and O–H groups in total. The summed E-state index contributed by atoms with van der Waals surface area (Å²) in [4.78, 5) is 0. The molecule has 0 saturated heterocycles. The van der Waals surface area contributed by atoms with E-state index in [1.165, 1.54) is 18.2 Å². The number of nitrogens with two attached hydrogens (primary N) is 1. The molecular weight excluding hydrogens is 230 g/mol. The van der Waals surface area contributed by atoms with Crippen LogP contribution in [0.15, 0.2) is 18.2 Å². The lowest BCUT2D eigenvalue weighted by Crippen LogP contribution is -2.30. The molecule has 0 heterocycles. The van der Waals surface area contributed by atoms with Crippen LogP contribution in [0, 0.1) is 5.92 Å². The van der Waals surface area contributed by atoms with Crippen molar-refractivity contribution in [1.82, 2.24) is 0 Å². The van der Waals surface area contributed by atoms with E-state index in [2.05, 4.69) is 0 Å². The van der Waals surface area contributed by atoms with Gasteiger partial charge in [0, 0.05) is 6.07 Å². The van der Waals surface area contributed by atoms with Crippen molar-refractivity contribution in [3.05, 3.63) is 23.8 Å². The van der Waals surface area contributed by atoms with Gasteiger partial charge in [0.2, 0.25) is 0 Å². The van der Waals surface area contributed by atoms with Crippen LogP contribution in [0.4, 0.5) is 0 Å². The second-order valence-electron chi connectivity index (χ2n) is 4.04. The quantitative estimate of drug-likeness (QED) is 0.653. The van der Waals surface area contributed by atoms with Gasteiger partial charge in [-0.1, -0.05) is 13.8 Å². The lowest BCUT2D eigenvalue weighted by molar-refractivity contribution is 0.0978. The minimum absolute atomic E-state index is 0. The lowest BCUT2D eigenvalue weighted by atomic mass is 9.94. The van der Waals surface area contributed by atoms with Gasteiger partial charge in [0.1, 0.15) is 11.5 Å². The molecule has 2 atom stereocenters. The normalized spacial score (nSPS) is 14.3. The number of phenols is 2. The first-order valence-corrected chi connectivity index (χ1v) is 4.88. The van der Waals surface area contributed by atoms with Crippen LogP contribution in [0.25, 0.3) is 0 Å². The van der Waals surface area contributed by atoms with Gasteiger partial charge < -0.3 is 21.1 Å². The number of aliphatic hydroxyl groups is 1. The third-order valence-corrected chi connectivity index (χ3v) is 2.36. The molecule has 0 fully saturated rings. The van der Waals surface area contributed by atoms with Crippen LogP contribution < -0.4 is 5.73 Å². The highest BCUT2D eigenvalue weighted by atomic mass is 35.5. The molecule has 0 aliphatic heterocycles. The molecule has 0 unspecified atom stereocenters. The number of hydrogen-bond donors (Lipinski definition) is 4. The molecule has 16 heavy (non-hydrogen) atoms. The highest BCUT2D eigenvalue weighted by Crippen LogP contribution is 2.27. The molecule has 1 aromatic carbocycles. The van der Waals surface area contributed by atoms with Crippen LogP contribution in [-0.4, -0.2) is 21.4 Å². The van der Waals surface area contributed by atoms with Gasteiger partial charge in [-0.2, -0.15) is 0 Å². The molecule has 0 aliphatic rings. The fourth-order valence-corrected chi connectivity index (χ4v) is 1.42. The Hall–Kier alpha value is -0.970. The number of rotatable bonds is 3. The molecule has 5 heteroatoms. The summed E-state index contributed by atoms with van der Waals surface area (Å²) < 4.78 is 0. The fourth-order valence-electron chi connectivity index (χ4n) is 1.42. The van der Waals surface area contributed by atoms with Crippen molar-refractivity contribution in [1.29, 1.82) is 0 Å². The van der Waals surface area contributed by atoms with Gasteiger partial charge in [-0.25, -0.2) is 0 Å². The summed E-state index contributed by atoms with van der Waals surface area (Å²) in [5.74, 6) is -0.0997. The van der Waals surface area contributed by atoms with Crippen LogP contribution in [0.5, 0.6) is 11.5 Å². The molecule has 1 aromatic rings. The van der Waals surface area contributed by atoms with Gasteiger partial charge in [0.25, 0.3) is 0 Å². The molecule has 4 nitrogen and oxygen atoms in total. The van der Waals surface area contributed by atoms with Crippen molar-refractivity contribution < 1.29 is 15.3 Å². The molecule has 0 radical (unpaired) electrons. The van der Waals surface area contributed by atoms with E-state index >= 15 is 0 Å². The van der Waals surface area contributed by atoms with Crippen LogP contribution in [0.2, 0.25) is 0 Å². The molecule has 92 valence electrons. The largest absolute Gasteiger partial charge is 0.508 e. The number of aliphatic hydroxyl groups excluding tert-OH is 1.